The van der Waals surface area contributed by atoms with E-state index in [0.29, 0.717) is 18.2 Å². The lowest BCUT2D eigenvalue weighted by molar-refractivity contribution is -0.131. The Morgan fingerprint density at radius 2 is 1.65 bits per heavy atom. The highest BCUT2D eigenvalue weighted by Gasteiger charge is 2.11. The number of carbonyl (C=O) groups excluding carboxylic acids is 3. The van der Waals surface area contributed by atoms with Crippen molar-refractivity contribution in [3.8, 4) is 5.75 Å². The van der Waals surface area contributed by atoms with E-state index in [0.717, 1.165) is 16.5 Å². The largest absolute Gasteiger partial charge is 0.483 e. The highest BCUT2D eigenvalue weighted by molar-refractivity contribution is 9.10. The lowest BCUT2D eigenvalue weighted by Crippen LogP contribution is -2.44. The number of benzene rings is 2. The molecule has 0 fully saturated rings. The predicted octanol–water partition coefficient (Wildman–Crippen LogP) is 3.59. The molecule has 2 aromatic carbocycles. The van der Waals surface area contributed by atoms with Crippen molar-refractivity contribution < 1.29 is 19.1 Å². The van der Waals surface area contributed by atoms with Crippen molar-refractivity contribution in [2.45, 2.75) is 45.6 Å². The van der Waals surface area contributed by atoms with Crippen LogP contribution < -0.4 is 20.9 Å². The SMILES string of the molecule is CCC(C)c1ccc(OCC(=O)NNC(=O)CCC(=O)NCc2ccccc2)c(Br)c1. The second-order valence-electron chi connectivity index (χ2n) is 7.15. The summed E-state index contributed by atoms with van der Waals surface area (Å²) in [4.78, 5) is 35.6. The maximum Gasteiger partial charge on any atom is 0.276 e. The van der Waals surface area contributed by atoms with Crippen LogP contribution in [0.2, 0.25) is 0 Å². The molecule has 2 aromatic rings. The van der Waals surface area contributed by atoms with Crippen LogP contribution in [0.3, 0.4) is 0 Å². The van der Waals surface area contributed by atoms with Crippen LogP contribution in [-0.2, 0) is 20.9 Å². The fraction of sp³-hybridized carbons (Fsp3) is 0.348. The molecule has 1 unspecified atom stereocenters. The van der Waals surface area contributed by atoms with Gasteiger partial charge in [0.1, 0.15) is 5.75 Å². The van der Waals surface area contributed by atoms with E-state index in [1.54, 1.807) is 0 Å². The average molecular weight is 490 g/mol. The average Bonchev–Trinajstić information content (AvgIpc) is 2.79. The van der Waals surface area contributed by atoms with E-state index < -0.39 is 11.8 Å². The molecule has 166 valence electrons. The number of nitrogens with one attached hydrogen (secondary N) is 3. The predicted molar refractivity (Wildman–Crippen MR) is 122 cm³/mol. The van der Waals surface area contributed by atoms with Crippen LogP contribution in [0.5, 0.6) is 5.75 Å². The summed E-state index contributed by atoms with van der Waals surface area (Å²) in [7, 11) is 0. The van der Waals surface area contributed by atoms with Crippen LogP contribution in [0.15, 0.2) is 53.0 Å². The first-order valence-electron chi connectivity index (χ1n) is 10.2. The number of hydrogen-bond donors (Lipinski definition) is 3. The molecule has 0 aliphatic carbocycles. The number of hydrazine groups is 1. The molecular weight excluding hydrogens is 462 g/mol. The van der Waals surface area contributed by atoms with Crippen LogP contribution in [0.4, 0.5) is 0 Å². The molecule has 3 amide bonds. The van der Waals surface area contributed by atoms with E-state index in [-0.39, 0.29) is 25.4 Å². The minimum Gasteiger partial charge on any atom is -0.483 e. The second-order valence-corrected chi connectivity index (χ2v) is 8.00. The highest BCUT2D eigenvalue weighted by atomic mass is 79.9. The third-order valence-electron chi connectivity index (χ3n) is 4.75. The van der Waals surface area contributed by atoms with Gasteiger partial charge in [-0.3, -0.25) is 25.2 Å². The highest BCUT2D eigenvalue weighted by Crippen LogP contribution is 2.29. The van der Waals surface area contributed by atoms with Gasteiger partial charge in [-0.05, 0) is 51.5 Å². The lowest BCUT2D eigenvalue weighted by Gasteiger charge is -2.13. The minimum atomic E-state index is -0.500. The molecule has 0 bridgehead atoms. The van der Waals surface area contributed by atoms with Gasteiger partial charge in [-0.25, -0.2) is 0 Å². The van der Waals surface area contributed by atoms with Gasteiger partial charge >= 0.3 is 0 Å². The fourth-order valence-corrected chi connectivity index (χ4v) is 3.18. The Hall–Kier alpha value is -2.87. The van der Waals surface area contributed by atoms with Crippen molar-refractivity contribution in [3.05, 3.63) is 64.1 Å². The molecular formula is C23H28BrN3O4. The summed E-state index contributed by atoms with van der Waals surface area (Å²) >= 11 is 3.45. The topological polar surface area (TPSA) is 96.5 Å². The molecule has 0 saturated heterocycles. The van der Waals surface area contributed by atoms with Crippen LogP contribution >= 0.6 is 15.9 Å². The van der Waals surface area contributed by atoms with Gasteiger partial charge in [-0.1, -0.05) is 50.2 Å². The normalized spacial score (nSPS) is 11.3. The van der Waals surface area contributed by atoms with Crippen molar-refractivity contribution in [1.82, 2.24) is 16.2 Å². The van der Waals surface area contributed by atoms with Gasteiger partial charge in [0, 0.05) is 19.4 Å². The second kappa shape index (κ2) is 12.7. The maximum absolute atomic E-state index is 11.9. The minimum absolute atomic E-state index is 0.0283. The number of ether oxygens (including phenoxy) is 1. The molecule has 2 rings (SSSR count). The van der Waals surface area contributed by atoms with Crippen LogP contribution in [0, 0.1) is 0 Å². The van der Waals surface area contributed by atoms with Crippen molar-refractivity contribution in [2.24, 2.45) is 0 Å². The molecule has 0 radical (unpaired) electrons. The molecule has 3 N–H and O–H groups in total. The molecule has 0 aliphatic rings. The number of carbonyl (C=O) groups is 3. The van der Waals surface area contributed by atoms with Crippen molar-refractivity contribution >= 4 is 33.7 Å². The summed E-state index contributed by atoms with van der Waals surface area (Å²) in [5.74, 6) is -0.214. The molecule has 0 saturated carbocycles. The van der Waals surface area contributed by atoms with Crippen molar-refractivity contribution in [2.75, 3.05) is 6.61 Å². The third kappa shape index (κ3) is 8.80. The van der Waals surface area contributed by atoms with Crippen LogP contribution in [0.1, 0.15) is 50.2 Å². The van der Waals surface area contributed by atoms with E-state index in [2.05, 4.69) is 45.9 Å². The van der Waals surface area contributed by atoms with Crippen LogP contribution in [0.25, 0.3) is 0 Å². The van der Waals surface area contributed by atoms with E-state index in [9.17, 15) is 14.4 Å². The Labute approximate surface area is 191 Å². The van der Waals surface area contributed by atoms with Crippen molar-refractivity contribution in [1.29, 1.82) is 0 Å². The summed E-state index contributed by atoms with van der Waals surface area (Å²) in [5, 5.41) is 2.75. The molecule has 7 nitrogen and oxygen atoms in total. The molecule has 0 aromatic heterocycles. The zero-order valence-corrected chi connectivity index (χ0v) is 19.3. The molecule has 0 aliphatic heterocycles. The van der Waals surface area contributed by atoms with Gasteiger partial charge < -0.3 is 10.1 Å². The van der Waals surface area contributed by atoms with E-state index in [1.807, 2.05) is 48.5 Å². The molecule has 1 atom stereocenters. The zero-order valence-electron chi connectivity index (χ0n) is 17.7. The van der Waals surface area contributed by atoms with Gasteiger partial charge in [-0.2, -0.15) is 0 Å². The van der Waals surface area contributed by atoms with Gasteiger partial charge in [0.2, 0.25) is 11.8 Å². The standard InChI is InChI=1S/C23H28BrN3O4/c1-3-16(2)18-9-10-20(19(24)13-18)31-15-23(30)27-26-22(29)12-11-21(28)25-14-17-7-5-4-6-8-17/h4-10,13,16H,3,11-12,14-15H2,1-2H3,(H,25,28)(H,26,29)(H,27,30). The first kappa shape index (κ1) is 24.4. The summed E-state index contributed by atoms with van der Waals surface area (Å²) in [5.41, 5.74) is 6.73. The van der Waals surface area contributed by atoms with Gasteiger partial charge in [0.15, 0.2) is 6.61 Å². The molecule has 31 heavy (non-hydrogen) atoms. The number of amides is 3. The Bertz CT molecular complexity index is 890. The summed E-state index contributed by atoms with van der Waals surface area (Å²) in [6.45, 7) is 4.42. The van der Waals surface area contributed by atoms with Crippen LogP contribution in [-0.4, -0.2) is 24.3 Å². The van der Waals surface area contributed by atoms with Gasteiger partial charge in [0.25, 0.3) is 5.91 Å². The van der Waals surface area contributed by atoms with Crippen molar-refractivity contribution in [3.63, 3.8) is 0 Å². The lowest BCUT2D eigenvalue weighted by atomic mass is 9.99. The van der Waals surface area contributed by atoms with E-state index in [1.165, 1.54) is 5.56 Å². The Morgan fingerprint density at radius 1 is 0.968 bits per heavy atom. The zero-order chi connectivity index (χ0) is 22.6. The number of halogens is 1. The van der Waals surface area contributed by atoms with E-state index in [4.69, 9.17) is 4.74 Å². The number of rotatable bonds is 10. The first-order valence-corrected chi connectivity index (χ1v) is 11.0. The maximum atomic E-state index is 11.9. The molecule has 0 heterocycles. The quantitative estimate of drug-likeness (QED) is 0.444. The monoisotopic (exact) mass is 489 g/mol. The summed E-state index contributed by atoms with van der Waals surface area (Å²) < 4.78 is 6.26. The fourth-order valence-electron chi connectivity index (χ4n) is 2.67. The smallest absolute Gasteiger partial charge is 0.276 e. The van der Waals surface area contributed by atoms with Gasteiger partial charge in [0.05, 0.1) is 4.47 Å². The molecule has 0 spiro atoms. The third-order valence-corrected chi connectivity index (χ3v) is 5.37. The Morgan fingerprint density at radius 3 is 2.32 bits per heavy atom. The summed E-state index contributed by atoms with van der Waals surface area (Å²) in [6, 6.07) is 15.3. The summed E-state index contributed by atoms with van der Waals surface area (Å²) in [6.07, 6.45) is 1.02. The van der Waals surface area contributed by atoms with E-state index >= 15 is 0 Å². The first-order chi connectivity index (χ1) is 14.9. The van der Waals surface area contributed by atoms with Gasteiger partial charge in [-0.15, -0.1) is 0 Å². The Kier molecular flexibility index (Phi) is 10.0. The molecule has 8 heteroatoms. The Balaban J connectivity index is 1.64. The number of hydrogen-bond acceptors (Lipinski definition) is 4.